The number of fused-ring (bicyclic) bond motifs is 1. The monoisotopic (exact) mass is 175 g/mol. The van der Waals surface area contributed by atoms with E-state index in [-0.39, 0.29) is 0 Å². The average Bonchev–Trinajstić information content (AvgIpc) is 2.49. The average molecular weight is 175 g/mol. The molecule has 13 heavy (non-hydrogen) atoms. The van der Waals surface area contributed by atoms with Crippen LogP contribution in [0.2, 0.25) is 0 Å². The molecule has 1 aromatic carbocycles. The van der Waals surface area contributed by atoms with Crippen molar-refractivity contribution in [3.8, 4) is 6.07 Å². The summed E-state index contributed by atoms with van der Waals surface area (Å²) in [5, 5.41) is 10.5. The molecule has 0 radical (unpaired) electrons. The van der Waals surface area contributed by atoms with Gasteiger partial charge >= 0.3 is 0 Å². The second-order valence-corrected chi connectivity index (χ2v) is 3.08. The van der Waals surface area contributed by atoms with Crippen LogP contribution >= 0.6 is 0 Å². The Balaban J connectivity index is 2.34. The lowest BCUT2D eigenvalue weighted by molar-refractivity contribution is -0.630. The Bertz CT molecular complexity index is 366. The maximum atomic E-state index is 8.57. The maximum Gasteiger partial charge on any atom is 0.157 e. The Labute approximate surface area is 76.7 Å². The highest BCUT2D eigenvalue weighted by atomic mass is 15.7. The molecule has 0 unspecified atom stereocenters. The number of nitrogens with one attached hydrogen (secondary N) is 1. The van der Waals surface area contributed by atoms with Gasteiger partial charge in [0.2, 0.25) is 0 Å². The SMILES string of the molecule is Cc1ccc2c(c1)N[NH2+]N2CC#N. The van der Waals surface area contributed by atoms with Gasteiger partial charge in [0.25, 0.3) is 0 Å². The summed E-state index contributed by atoms with van der Waals surface area (Å²) >= 11 is 0. The predicted octanol–water partition coefficient (Wildman–Crippen LogP) is 0.144. The van der Waals surface area contributed by atoms with Crippen LogP contribution in [0.1, 0.15) is 5.56 Å². The minimum Gasteiger partial charge on any atom is -0.213 e. The number of rotatable bonds is 1. The van der Waals surface area contributed by atoms with Crippen LogP contribution in [0.3, 0.4) is 0 Å². The number of hydrogen-bond donors (Lipinski definition) is 2. The molecule has 3 N–H and O–H groups in total. The van der Waals surface area contributed by atoms with Gasteiger partial charge in [0.15, 0.2) is 6.54 Å². The third-order valence-electron chi connectivity index (χ3n) is 2.08. The lowest BCUT2D eigenvalue weighted by atomic mass is 10.2. The second kappa shape index (κ2) is 2.96. The molecule has 1 aliphatic rings. The van der Waals surface area contributed by atoms with Crippen LogP contribution in [0, 0.1) is 18.3 Å². The molecule has 0 saturated heterocycles. The Kier molecular flexibility index (Phi) is 1.80. The van der Waals surface area contributed by atoms with Crippen molar-refractivity contribution in [3.05, 3.63) is 23.8 Å². The number of nitrogens with zero attached hydrogens (tertiary/aromatic N) is 2. The van der Waals surface area contributed by atoms with E-state index in [0.717, 1.165) is 11.4 Å². The molecule has 0 amide bonds. The van der Waals surface area contributed by atoms with Gasteiger partial charge in [-0.3, -0.25) is 0 Å². The summed E-state index contributed by atoms with van der Waals surface area (Å²) < 4.78 is 0. The van der Waals surface area contributed by atoms with E-state index < -0.39 is 0 Å². The number of quaternary nitrogens is 1. The molecule has 66 valence electrons. The summed E-state index contributed by atoms with van der Waals surface area (Å²) in [6.07, 6.45) is 0. The van der Waals surface area contributed by atoms with Crippen LogP contribution in [0.15, 0.2) is 18.2 Å². The summed E-state index contributed by atoms with van der Waals surface area (Å²) in [6, 6.07) is 8.26. The number of nitrogen functional groups attached to an aromatic ring is 1. The van der Waals surface area contributed by atoms with Crippen molar-refractivity contribution in [2.45, 2.75) is 6.92 Å². The number of nitrogens with two attached hydrogens (primary N) is 1. The molecule has 0 fully saturated rings. The van der Waals surface area contributed by atoms with Gasteiger partial charge in [-0.15, -0.1) is 5.53 Å². The van der Waals surface area contributed by atoms with Crippen molar-refractivity contribution in [2.75, 3.05) is 17.0 Å². The van der Waals surface area contributed by atoms with Gasteiger partial charge in [-0.05, 0) is 24.6 Å². The molecular formula is C9H11N4+. The van der Waals surface area contributed by atoms with Gasteiger partial charge in [0.05, 0.1) is 6.07 Å². The predicted molar refractivity (Wildman–Crippen MR) is 49.7 cm³/mol. The van der Waals surface area contributed by atoms with Crippen LogP contribution < -0.4 is 16.0 Å². The standard InChI is InChI=1S/C9H10N4/c1-7-2-3-9-8(6-7)11-12-13(9)5-4-10/h2-3,6,11-12H,5H2,1H3/p+1. The maximum absolute atomic E-state index is 8.57. The van der Waals surface area contributed by atoms with Gasteiger partial charge < -0.3 is 0 Å². The fourth-order valence-corrected chi connectivity index (χ4v) is 1.44. The zero-order valence-electron chi connectivity index (χ0n) is 7.41. The van der Waals surface area contributed by atoms with Crippen molar-refractivity contribution in [3.63, 3.8) is 0 Å². The number of nitriles is 1. The zero-order valence-corrected chi connectivity index (χ0v) is 7.41. The van der Waals surface area contributed by atoms with Gasteiger partial charge in [-0.2, -0.15) is 10.3 Å². The molecule has 1 heterocycles. The molecule has 4 nitrogen and oxygen atoms in total. The van der Waals surface area contributed by atoms with Crippen molar-refractivity contribution < 1.29 is 5.53 Å². The quantitative estimate of drug-likeness (QED) is 0.471. The van der Waals surface area contributed by atoms with Crippen molar-refractivity contribution in [1.29, 1.82) is 5.26 Å². The first-order chi connectivity index (χ1) is 6.31. The van der Waals surface area contributed by atoms with Gasteiger partial charge in [-0.1, -0.05) is 6.07 Å². The first kappa shape index (κ1) is 7.90. The van der Waals surface area contributed by atoms with E-state index in [1.165, 1.54) is 5.56 Å². The highest BCUT2D eigenvalue weighted by Gasteiger charge is 2.21. The summed E-state index contributed by atoms with van der Waals surface area (Å²) in [5.41, 5.74) is 8.33. The number of hydrogen-bond acceptors (Lipinski definition) is 3. The van der Waals surface area contributed by atoms with E-state index in [4.69, 9.17) is 5.26 Å². The zero-order chi connectivity index (χ0) is 9.26. The smallest absolute Gasteiger partial charge is 0.157 e. The van der Waals surface area contributed by atoms with Crippen LogP contribution in [-0.4, -0.2) is 6.54 Å². The van der Waals surface area contributed by atoms with Crippen LogP contribution in [0.4, 0.5) is 11.4 Å². The molecule has 0 atom stereocenters. The van der Waals surface area contributed by atoms with E-state index in [9.17, 15) is 0 Å². The fraction of sp³-hybridized carbons (Fsp3) is 0.222. The molecule has 0 aliphatic carbocycles. The number of aryl methyl sites for hydroxylation is 1. The van der Waals surface area contributed by atoms with Crippen molar-refractivity contribution in [2.24, 2.45) is 0 Å². The highest BCUT2D eigenvalue weighted by molar-refractivity contribution is 5.70. The second-order valence-electron chi connectivity index (χ2n) is 3.08. The fourth-order valence-electron chi connectivity index (χ4n) is 1.44. The summed E-state index contributed by atoms with van der Waals surface area (Å²) in [7, 11) is 0. The lowest BCUT2D eigenvalue weighted by Crippen LogP contribution is -2.95. The van der Waals surface area contributed by atoms with E-state index >= 15 is 0 Å². The highest BCUT2D eigenvalue weighted by Crippen LogP contribution is 2.25. The first-order valence-electron chi connectivity index (χ1n) is 4.15. The van der Waals surface area contributed by atoms with Crippen LogP contribution in [0.5, 0.6) is 0 Å². The van der Waals surface area contributed by atoms with E-state index in [1.54, 1.807) is 0 Å². The molecule has 0 bridgehead atoms. The third kappa shape index (κ3) is 1.30. The molecule has 4 heteroatoms. The third-order valence-corrected chi connectivity index (χ3v) is 2.08. The van der Waals surface area contributed by atoms with Gasteiger partial charge in [0, 0.05) is 0 Å². The molecule has 0 saturated carbocycles. The Hall–Kier alpha value is -1.73. The van der Waals surface area contributed by atoms with Crippen molar-refractivity contribution in [1.82, 2.24) is 0 Å². The van der Waals surface area contributed by atoms with Crippen molar-refractivity contribution >= 4 is 11.4 Å². The van der Waals surface area contributed by atoms with Gasteiger partial charge in [0.1, 0.15) is 11.4 Å². The molecule has 1 aromatic rings. The Morgan fingerprint density at radius 2 is 2.46 bits per heavy atom. The Morgan fingerprint density at radius 3 is 3.23 bits per heavy atom. The summed E-state index contributed by atoms with van der Waals surface area (Å²) in [4.78, 5) is 0. The molecule has 0 aromatic heterocycles. The van der Waals surface area contributed by atoms with Crippen LogP contribution in [0.25, 0.3) is 0 Å². The molecule has 2 rings (SSSR count). The number of benzene rings is 1. The lowest BCUT2D eigenvalue weighted by Gasteiger charge is -2.07. The minimum absolute atomic E-state index is 0.392. The normalized spacial score (nSPS) is 13.4. The minimum atomic E-state index is 0.392. The first-order valence-corrected chi connectivity index (χ1v) is 4.15. The summed E-state index contributed by atoms with van der Waals surface area (Å²) in [6.45, 7) is 2.44. The van der Waals surface area contributed by atoms with E-state index in [1.807, 2.05) is 22.7 Å². The molecule has 0 spiro atoms. The van der Waals surface area contributed by atoms with E-state index in [2.05, 4.69) is 24.5 Å². The van der Waals surface area contributed by atoms with Crippen LogP contribution in [-0.2, 0) is 0 Å². The molecular weight excluding hydrogens is 164 g/mol. The number of anilines is 2. The summed E-state index contributed by atoms with van der Waals surface area (Å²) in [5.74, 6) is 0. The topological polar surface area (TPSA) is 55.7 Å². The van der Waals surface area contributed by atoms with E-state index in [0.29, 0.717) is 6.54 Å². The Morgan fingerprint density at radius 1 is 1.62 bits per heavy atom. The van der Waals surface area contributed by atoms with Gasteiger partial charge in [-0.25, -0.2) is 5.43 Å². The largest absolute Gasteiger partial charge is 0.213 e. The molecule has 1 aliphatic heterocycles.